The molecule has 190 valence electrons. The molecule has 4 nitrogen and oxygen atoms in total. The van der Waals surface area contributed by atoms with Gasteiger partial charge in [0, 0.05) is 25.3 Å². The number of nitrogens with one attached hydrogen (secondary N) is 1. The summed E-state index contributed by atoms with van der Waals surface area (Å²) in [5.41, 5.74) is 4.15. The quantitative estimate of drug-likeness (QED) is 0.293. The molecule has 0 spiro atoms. The van der Waals surface area contributed by atoms with Gasteiger partial charge in [0.25, 0.3) is 0 Å². The Morgan fingerprint density at radius 1 is 0.944 bits per heavy atom. The Bertz CT molecular complexity index is 1110. The molecule has 1 unspecified atom stereocenters. The normalized spacial score (nSPS) is 11.6. The summed E-state index contributed by atoms with van der Waals surface area (Å²) in [4.78, 5) is 28.6. The van der Waals surface area contributed by atoms with E-state index in [-0.39, 0.29) is 29.9 Å². The van der Waals surface area contributed by atoms with E-state index in [4.69, 9.17) is 0 Å². The van der Waals surface area contributed by atoms with E-state index in [9.17, 15) is 14.0 Å². The van der Waals surface area contributed by atoms with Gasteiger partial charge in [-0.15, -0.1) is 11.8 Å². The van der Waals surface area contributed by atoms with Gasteiger partial charge in [-0.3, -0.25) is 9.59 Å². The molecule has 0 aliphatic heterocycles. The molecule has 6 heteroatoms. The van der Waals surface area contributed by atoms with Crippen LogP contribution in [0.15, 0.2) is 78.9 Å². The van der Waals surface area contributed by atoms with E-state index >= 15 is 0 Å². The van der Waals surface area contributed by atoms with E-state index in [0.717, 1.165) is 29.7 Å². The number of thioether (sulfide) groups is 1. The second-order valence-electron chi connectivity index (χ2n) is 8.92. The van der Waals surface area contributed by atoms with Crippen LogP contribution in [0.2, 0.25) is 0 Å². The highest BCUT2D eigenvalue weighted by Gasteiger charge is 2.30. The van der Waals surface area contributed by atoms with Crippen molar-refractivity contribution in [3.05, 3.63) is 107 Å². The Morgan fingerprint density at radius 3 is 2.33 bits per heavy atom. The van der Waals surface area contributed by atoms with Crippen LogP contribution in [0.5, 0.6) is 0 Å². The first-order valence-electron chi connectivity index (χ1n) is 12.5. The average molecular weight is 507 g/mol. The molecule has 2 amide bonds. The van der Waals surface area contributed by atoms with Gasteiger partial charge < -0.3 is 10.2 Å². The van der Waals surface area contributed by atoms with Crippen LogP contribution in [-0.2, 0) is 28.3 Å². The predicted molar refractivity (Wildman–Crippen MR) is 146 cm³/mol. The zero-order chi connectivity index (χ0) is 25.8. The molecule has 0 saturated heterocycles. The standard InChI is InChI=1S/C30H35FN2O2S/c1-3-4-18-32-30(35)28(19-24-11-6-5-7-12-24)33(20-25-14-16-27(31)17-15-25)29(34)22-36-21-26-13-9-8-10-23(26)2/h5-17,28H,3-4,18-22H2,1-2H3,(H,32,35). The molecule has 0 fully saturated rings. The Labute approximate surface area is 218 Å². The van der Waals surface area contributed by atoms with Crippen molar-refractivity contribution in [2.75, 3.05) is 12.3 Å². The van der Waals surface area contributed by atoms with Crippen molar-refractivity contribution in [2.24, 2.45) is 0 Å². The summed E-state index contributed by atoms with van der Waals surface area (Å²) < 4.78 is 13.5. The van der Waals surface area contributed by atoms with Crippen LogP contribution in [0, 0.1) is 12.7 Å². The number of hydrogen-bond acceptors (Lipinski definition) is 3. The van der Waals surface area contributed by atoms with Gasteiger partial charge in [-0.25, -0.2) is 4.39 Å². The number of amides is 2. The minimum atomic E-state index is -0.666. The predicted octanol–water partition coefficient (Wildman–Crippen LogP) is 5.92. The van der Waals surface area contributed by atoms with Crippen LogP contribution in [0.25, 0.3) is 0 Å². The number of benzene rings is 3. The lowest BCUT2D eigenvalue weighted by Gasteiger charge is -2.31. The van der Waals surface area contributed by atoms with Crippen molar-refractivity contribution in [2.45, 2.75) is 51.4 Å². The van der Waals surface area contributed by atoms with Gasteiger partial charge in [0.2, 0.25) is 11.8 Å². The van der Waals surface area contributed by atoms with E-state index in [0.29, 0.717) is 13.0 Å². The molecule has 3 aromatic rings. The minimum absolute atomic E-state index is 0.107. The van der Waals surface area contributed by atoms with Crippen molar-refractivity contribution in [3.8, 4) is 0 Å². The molecule has 0 aliphatic carbocycles. The van der Waals surface area contributed by atoms with Crippen LogP contribution >= 0.6 is 11.8 Å². The van der Waals surface area contributed by atoms with E-state index in [1.54, 1.807) is 28.8 Å². The number of carbonyl (C=O) groups is 2. The summed E-state index contributed by atoms with van der Waals surface area (Å²) in [5, 5.41) is 3.02. The van der Waals surface area contributed by atoms with Gasteiger partial charge in [-0.2, -0.15) is 0 Å². The molecule has 36 heavy (non-hydrogen) atoms. The molecule has 3 aromatic carbocycles. The van der Waals surface area contributed by atoms with E-state index in [1.165, 1.54) is 23.3 Å². The SMILES string of the molecule is CCCCNC(=O)C(Cc1ccccc1)N(Cc1ccc(F)cc1)C(=O)CSCc1ccccc1C. The molecule has 0 heterocycles. The Kier molecular flexibility index (Phi) is 11.0. The monoisotopic (exact) mass is 506 g/mol. The number of rotatable bonds is 13. The van der Waals surface area contributed by atoms with Crippen molar-refractivity contribution in [1.29, 1.82) is 0 Å². The molecule has 0 aliphatic rings. The van der Waals surface area contributed by atoms with Crippen LogP contribution in [0.3, 0.4) is 0 Å². The third-order valence-corrected chi connectivity index (χ3v) is 7.08. The number of aryl methyl sites for hydroxylation is 1. The fourth-order valence-corrected chi connectivity index (χ4v) is 4.94. The second kappa shape index (κ2) is 14.4. The maximum Gasteiger partial charge on any atom is 0.243 e. The van der Waals surface area contributed by atoms with E-state index in [1.807, 2.05) is 42.5 Å². The van der Waals surface area contributed by atoms with Gasteiger partial charge in [-0.05, 0) is 47.7 Å². The molecule has 0 bridgehead atoms. The minimum Gasteiger partial charge on any atom is -0.354 e. The number of halogens is 1. The molecule has 0 radical (unpaired) electrons. The summed E-state index contributed by atoms with van der Waals surface area (Å²) >= 11 is 1.54. The number of hydrogen-bond donors (Lipinski definition) is 1. The number of unbranched alkanes of at least 4 members (excludes halogenated alkanes) is 1. The average Bonchev–Trinajstić information content (AvgIpc) is 2.89. The second-order valence-corrected chi connectivity index (χ2v) is 9.90. The number of carbonyl (C=O) groups excluding carboxylic acids is 2. The van der Waals surface area contributed by atoms with Gasteiger partial charge in [-0.1, -0.05) is 80.1 Å². The molecule has 3 rings (SSSR count). The zero-order valence-corrected chi connectivity index (χ0v) is 21.9. The Hall–Kier alpha value is -3.12. The Balaban J connectivity index is 1.83. The highest BCUT2D eigenvalue weighted by molar-refractivity contribution is 7.99. The topological polar surface area (TPSA) is 49.4 Å². The first-order valence-corrected chi connectivity index (χ1v) is 13.6. The van der Waals surface area contributed by atoms with Gasteiger partial charge in [0.15, 0.2) is 0 Å². The Morgan fingerprint density at radius 2 is 1.64 bits per heavy atom. The summed E-state index contributed by atoms with van der Waals surface area (Å²) in [5.74, 6) is 0.373. The maximum atomic E-state index is 13.6. The van der Waals surface area contributed by atoms with Crippen molar-refractivity contribution in [3.63, 3.8) is 0 Å². The fourth-order valence-electron chi connectivity index (χ4n) is 3.95. The first kappa shape index (κ1) is 27.5. The van der Waals surface area contributed by atoms with Crippen LogP contribution < -0.4 is 5.32 Å². The molecule has 1 atom stereocenters. The van der Waals surface area contributed by atoms with Crippen LogP contribution in [-0.4, -0.2) is 35.1 Å². The lowest BCUT2D eigenvalue weighted by atomic mass is 10.0. The van der Waals surface area contributed by atoms with Gasteiger partial charge in [0.1, 0.15) is 11.9 Å². The summed E-state index contributed by atoms with van der Waals surface area (Å²) in [6, 6.07) is 23.3. The van der Waals surface area contributed by atoms with E-state index < -0.39 is 6.04 Å². The lowest BCUT2D eigenvalue weighted by molar-refractivity contribution is -0.139. The lowest BCUT2D eigenvalue weighted by Crippen LogP contribution is -2.51. The molecule has 0 saturated carbocycles. The summed E-state index contributed by atoms with van der Waals surface area (Å²) in [6.07, 6.45) is 2.26. The molecular formula is C30H35FN2O2S. The molecule has 1 N–H and O–H groups in total. The van der Waals surface area contributed by atoms with Crippen molar-refractivity contribution in [1.82, 2.24) is 10.2 Å². The number of nitrogens with zero attached hydrogens (tertiary/aromatic N) is 1. The van der Waals surface area contributed by atoms with E-state index in [2.05, 4.69) is 31.3 Å². The first-order chi connectivity index (χ1) is 17.5. The third-order valence-electron chi connectivity index (χ3n) is 6.11. The highest BCUT2D eigenvalue weighted by atomic mass is 32.2. The summed E-state index contributed by atoms with van der Waals surface area (Å²) in [6.45, 7) is 4.95. The largest absolute Gasteiger partial charge is 0.354 e. The zero-order valence-electron chi connectivity index (χ0n) is 21.1. The van der Waals surface area contributed by atoms with Crippen molar-refractivity contribution < 1.29 is 14.0 Å². The summed E-state index contributed by atoms with van der Waals surface area (Å²) in [7, 11) is 0. The van der Waals surface area contributed by atoms with Crippen molar-refractivity contribution >= 4 is 23.6 Å². The van der Waals surface area contributed by atoms with Gasteiger partial charge >= 0.3 is 0 Å². The molecular weight excluding hydrogens is 471 g/mol. The fraction of sp³-hybridized carbons (Fsp3) is 0.333. The highest BCUT2D eigenvalue weighted by Crippen LogP contribution is 2.20. The molecule has 0 aromatic heterocycles. The third kappa shape index (κ3) is 8.52. The van der Waals surface area contributed by atoms with Crippen LogP contribution in [0.1, 0.15) is 42.0 Å². The smallest absolute Gasteiger partial charge is 0.243 e. The maximum absolute atomic E-state index is 13.6. The van der Waals surface area contributed by atoms with Gasteiger partial charge in [0.05, 0.1) is 5.75 Å². The van der Waals surface area contributed by atoms with Crippen LogP contribution in [0.4, 0.5) is 4.39 Å².